The first-order valence-electron chi connectivity index (χ1n) is 8.87. The van der Waals surface area contributed by atoms with Gasteiger partial charge in [0.25, 0.3) is 0 Å². The minimum atomic E-state index is -3.62. The van der Waals surface area contributed by atoms with Crippen molar-refractivity contribution < 1.29 is 22.7 Å². The van der Waals surface area contributed by atoms with Crippen molar-refractivity contribution in [1.29, 1.82) is 0 Å². The van der Waals surface area contributed by atoms with E-state index in [1.807, 2.05) is 0 Å². The van der Waals surface area contributed by atoms with Crippen LogP contribution in [0, 0.1) is 17.7 Å². The van der Waals surface area contributed by atoms with E-state index in [1.165, 1.54) is 26.0 Å². The predicted octanol–water partition coefficient (Wildman–Crippen LogP) is 4.65. The van der Waals surface area contributed by atoms with E-state index >= 15 is 8.78 Å². The Hall–Kier alpha value is -2.49. The average Bonchev–Trinajstić information content (AvgIpc) is 2.70. The Morgan fingerprint density at radius 1 is 1.07 bits per heavy atom. The zero-order chi connectivity index (χ0) is 21.4. The molecule has 1 fully saturated rings. The first-order chi connectivity index (χ1) is 13.5. The lowest BCUT2D eigenvalue weighted by atomic mass is 9.77. The number of carbonyl (C=O) groups is 1. The summed E-state index contributed by atoms with van der Waals surface area (Å²) in [5.41, 5.74) is -3.77. The minimum absolute atomic E-state index is 0.315. The van der Waals surface area contributed by atoms with E-state index in [-0.39, 0.29) is 5.56 Å². The number of hydrogen-bond acceptors (Lipinski definition) is 2. The quantitative estimate of drug-likeness (QED) is 0.680. The van der Waals surface area contributed by atoms with E-state index in [2.05, 4.69) is 17.2 Å². The number of benzene rings is 2. The van der Waals surface area contributed by atoms with Crippen LogP contribution in [0.15, 0.2) is 42.5 Å². The molecule has 1 unspecified atom stereocenters. The van der Waals surface area contributed by atoms with Gasteiger partial charge in [0.15, 0.2) is 0 Å². The molecule has 7 heteroatoms. The zero-order valence-corrected chi connectivity index (χ0v) is 16.8. The Labute approximate surface area is 172 Å². The SMILES string of the molecule is CC1(C)OCC(=O)NC(C)(c2cc(C#Cc3cccc(Cl)c3)ccc2F)C1(F)F. The third-order valence-corrected chi connectivity index (χ3v) is 5.25. The molecule has 0 spiro atoms. The number of amides is 1. The van der Waals surface area contributed by atoms with Gasteiger partial charge in [-0.3, -0.25) is 4.79 Å². The number of ether oxygens (including phenoxy) is 1. The summed E-state index contributed by atoms with van der Waals surface area (Å²) >= 11 is 5.93. The molecule has 29 heavy (non-hydrogen) atoms. The molecule has 1 atom stereocenters. The van der Waals surface area contributed by atoms with Crippen LogP contribution < -0.4 is 5.32 Å². The number of rotatable bonds is 1. The molecule has 3 rings (SSSR count). The Balaban J connectivity index is 2.10. The summed E-state index contributed by atoms with van der Waals surface area (Å²) in [6, 6.07) is 10.5. The van der Waals surface area contributed by atoms with Crippen molar-refractivity contribution >= 4 is 17.5 Å². The third-order valence-electron chi connectivity index (χ3n) is 5.02. The van der Waals surface area contributed by atoms with E-state index in [9.17, 15) is 9.18 Å². The molecule has 1 heterocycles. The third kappa shape index (κ3) is 3.85. The molecule has 0 bridgehead atoms. The Morgan fingerprint density at radius 3 is 2.38 bits per heavy atom. The molecule has 152 valence electrons. The molecular formula is C22H19ClF3NO2. The van der Waals surface area contributed by atoms with Gasteiger partial charge < -0.3 is 10.1 Å². The first-order valence-corrected chi connectivity index (χ1v) is 9.24. The Bertz CT molecular complexity index is 1030. The predicted molar refractivity (Wildman–Crippen MR) is 104 cm³/mol. The van der Waals surface area contributed by atoms with Gasteiger partial charge in [-0.05, 0) is 57.2 Å². The van der Waals surface area contributed by atoms with Crippen LogP contribution >= 0.6 is 11.6 Å². The molecule has 2 aromatic rings. The highest BCUT2D eigenvalue weighted by molar-refractivity contribution is 6.30. The van der Waals surface area contributed by atoms with E-state index in [0.717, 1.165) is 13.0 Å². The second-order valence-electron chi connectivity index (χ2n) is 7.50. The molecule has 1 aliphatic rings. The second kappa shape index (κ2) is 7.40. The number of alkyl halides is 2. The smallest absolute Gasteiger partial charge is 0.302 e. The maximum atomic E-state index is 15.4. The molecule has 1 N–H and O–H groups in total. The van der Waals surface area contributed by atoms with Gasteiger partial charge in [0.05, 0.1) is 0 Å². The standard InChI is InChI=1S/C22H19ClF3NO2/c1-20(2)22(25,26)21(3,27-19(28)13-29-20)17-12-15(9-10-18(17)24)8-7-14-5-4-6-16(23)11-14/h4-6,9-12H,13H2,1-3H3,(H,27,28). The van der Waals surface area contributed by atoms with Crippen molar-refractivity contribution in [1.82, 2.24) is 5.32 Å². The largest absolute Gasteiger partial charge is 0.359 e. The van der Waals surface area contributed by atoms with Crippen LogP contribution in [0.3, 0.4) is 0 Å². The van der Waals surface area contributed by atoms with Gasteiger partial charge in [0.2, 0.25) is 5.91 Å². The maximum absolute atomic E-state index is 15.4. The van der Waals surface area contributed by atoms with Gasteiger partial charge in [-0.15, -0.1) is 0 Å². The van der Waals surface area contributed by atoms with E-state index in [0.29, 0.717) is 16.1 Å². The number of nitrogens with one attached hydrogen (secondary N) is 1. The summed E-state index contributed by atoms with van der Waals surface area (Å²) in [4.78, 5) is 12.1. The van der Waals surface area contributed by atoms with Crippen molar-refractivity contribution in [3.8, 4) is 11.8 Å². The normalized spacial score (nSPS) is 22.8. The summed E-state index contributed by atoms with van der Waals surface area (Å²) in [6.07, 6.45) is 0. The summed E-state index contributed by atoms with van der Waals surface area (Å²) in [7, 11) is 0. The van der Waals surface area contributed by atoms with E-state index in [4.69, 9.17) is 16.3 Å². The summed E-state index contributed by atoms with van der Waals surface area (Å²) in [5, 5.41) is 2.75. The van der Waals surface area contributed by atoms with Gasteiger partial charge in [-0.2, -0.15) is 0 Å². The lowest BCUT2D eigenvalue weighted by molar-refractivity contribution is -0.216. The monoisotopic (exact) mass is 421 g/mol. The van der Waals surface area contributed by atoms with Gasteiger partial charge >= 0.3 is 5.92 Å². The zero-order valence-electron chi connectivity index (χ0n) is 16.1. The summed E-state index contributed by atoms with van der Waals surface area (Å²) in [5.74, 6) is 0.436. The molecule has 3 nitrogen and oxygen atoms in total. The molecule has 1 amide bonds. The van der Waals surface area contributed by atoms with Crippen LogP contribution in [0.1, 0.15) is 37.5 Å². The Morgan fingerprint density at radius 2 is 1.72 bits per heavy atom. The van der Waals surface area contributed by atoms with Crippen molar-refractivity contribution in [2.45, 2.75) is 37.8 Å². The number of halogens is 4. The second-order valence-corrected chi connectivity index (χ2v) is 7.94. The van der Waals surface area contributed by atoms with Crippen molar-refractivity contribution in [3.63, 3.8) is 0 Å². The molecular weight excluding hydrogens is 403 g/mol. The van der Waals surface area contributed by atoms with E-state index in [1.54, 1.807) is 24.3 Å². The fourth-order valence-corrected chi connectivity index (χ4v) is 3.46. The fraction of sp³-hybridized carbons (Fsp3) is 0.318. The van der Waals surface area contributed by atoms with Crippen LogP contribution in [-0.2, 0) is 15.1 Å². The highest BCUT2D eigenvalue weighted by Crippen LogP contribution is 2.48. The van der Waals surface area contributed by atoms with Crippen LogP contribution in [0.5, 0.6) is 0 Å². The number of carbonyl (C=O) groups excluding carboxylic acids is 1. The first kappa shape index (κ1) is 21.2. The Kier molecular flexibility index (Phi) is 5.42. The highest BCUT2D eigenvalue weighted by atomic mass is 35.5. The van der Waals surface area contributed by atoms with Gasteiger partial charge in [0.1, 0.15) is 23.6 Å². The van der Waals surface area contributed by atoms with E-state index < -0.39 is 35.4 Å². The fourth-order valence-electron chi connectivity index (χ4n) is 3.27. The van der Waals surface area contributed by atoms with Gasteiger partial charge in [-0.25, -0.2) is 13.2 Å². The van der Waals surface area contributed by atoms with Crippen molar-refractivity contribution in [3.05, 3.63) is 70.0 Å². The molecule has 0 aromatic heterocycles. The average molecular weight is 422 g/mol. The van der Waals surface area contributed by atoms with Crippen molar-refractivity contribution in [2.75, 3.05) is 6.61 Å². The summed E-state index contributed by atoms with van der Waals surface area (Å²) in [6.45, 7) is 2.89. The molecule has 0 radical (unpaired) electrons. The van der Waals surface area contributed by atoms with Gasteiger partial charge in [0, 0.05) is 21.7 Å². The van der Waals surface area contributed by atoms with Crippen molar-refractivity contribution in [2.24, 2.45) is 0 Å². The highest BCUT2D eigenvalue weighted by Gasteiger charge is 2.64. The topological polar surface area (TPSA) is 38.3 Å². The maximum Gasteiger partial charge on any atom is 0.302 e. The number of hydrogen-bond donors (Lipinski definition) is 1. The van der Waals surface area contributed by atoms with Crippen LogP contribution in [0.2, 0.25) is 5.02 Å². The molecule has 0 saturated carbocycles. The summed E-state index contributed by atoms with van der Waals surface area (Å²) < 4.78 is 50.6. The minimum Gasteiger partial charge on any atom is -0.359 e. The lowest BCUT2D eigenvalue weighted by Crippen LogP contribution is -2.62. The van der Waals surface area contributed by atoms with Crippen LogP contribution in [0.4, 0.5) is 13.2 Å². The molecule has 2 aromatic carbocycles. The molecule has 1 saturated heterocycles. The van der Waals surface area contributed by atoms with Crippen LogP contribution in [0.25, 0.3) is 0 Å². The molecule has 1 aliphatic heterocycles. The lowest BCUT2D eigenvalue weighted by Gasteiger charge is -2.43. The van der Waals surface area contributed by atoms with Gasteiger partial charge in [-0.1, -0.05) is 29.5 Å². The van der Waals surface area contributed by atoms with Crippen LogP contribution in [-0.4, -0.2) is 24.0 Å². The molecule has 0 aliphatic carbocycles.